The van der Waals surface area contributed by atoms with Crippen molar-refractivity contribution in [2.45, 2.75) is 25.5 Å². The van der Waals surface area contributed by atoms with Gasteiger partial charge in [0.15, 0.2) is 0 Å². The smallest absolute Gasteiger partial charge is 0.410 e. The number of rotatable bonds is 3. The van der Waals surface area contributed by atoms with Gasteiger partial charge in [-0.2, -0.15) is 0 Å². The third kappa shape index (κ3) is 2.97. The van der Waals surface area contributed by atoms with Gasteiger partial charge in [-0.05, 0) is 18.4 Å². The van der Waals surface area contributed by atoms with Crippen LogP contribution in [0.15, 0.2) is 30.3 Å². The molecular weight excluding hydrogens is 216 g/mol. The van der Waals surface area contributed by atoms with E-state index in [-0.39, 0.29) is 12.1 Å². The Kier molecular flexibility index (Phi) is 3.98. The van der Waals surface area contributed by atoms with Crippen LogP contribution >= 0.6 is 0 Å². The molecule has 1 amide bonds. The molecule has 1 saturated heterocycles. The molecule has 4 heteroatoms. The van der Waals surface area contributed by atoms with E-state index in [0.717, 1.165) is 31.5 Å². The average Bonchev–Trinajstić information content (AvgIpc) is 2.85. The van der Waals surface area contributed by atoms with Crippen LogP contribution in [-0.4, -0.2) is 30.1 Å². The average molecular weight is 235 g/mol. The van der Waals surface area contributed by atoms with Gasteiger partial charge in [-0.3, -0.25) is 4.90 Å². The monoisotopic (exact) mass is 235 g/mol. The summed E-state index contributed by atoms with van der Waals surface area (Å²) in [7, 11) is 0. The molecule has 1 aromatic carbocycles. The standard InChI is InChI=1S/C13H18N2O2/c14-9-12-7-4-8-15(12)13(16)17-10-11-5-2-1-3-6-11/h1-3,5-6,12H,4,7-10,14H2/p+1/t12-/m1/s1. The molecule has 1 aliphatic rings. The molecule has 92 valence electrons. The van der Waals surface area contributed by atoms with Crippen LogP contribution in [0.1, 0.15) is 18.4 Å². The first-order valence-corrected chi connectivity index (χ1v) is 6.08. The minimum absolute atomic E-state index is 0.208. The maximum atomic E-state index is 11.9. The van der Waals surface area contributed by atoms with Crippen molar-refractivity contribution in [3.05, 3.63) is 35.9 Å². The molecule has 4 nitrogen and oxygen atoms in total. The Balaban J connectivity index is 1.85. The minimum atomic E-state index is -0.208. The summed E-state index contributed by atoms with van der Waals surface area (Å²) in [6.45, 7) is 1.91. The minimum Gasteiger partial charge on any atom is -0.445 e. The number of benzene rings is 1. The molecule has 0 aromatic heterocycles. The Morgan fingerprint density at radius 3 is 2.88 bits per heavy atom. The number of ether oxygens (including phenoxy) is 1. The van der Waals surface area contributed by atoms with E-state index in [9.17, 15) is 4.79 Å². The van der Waals surface area contributed by atoms with Crippen LogP contribution in [0.25, 0.3) is 0 Å². The summed E-state index contributed by atoms with van der Waals surface area (Å²) in [6.07, 6.45) is 1.89. The van der Waals surface area contributed by atoms with E-state index in [1.807, 2.05) is 30.3 Å². The molecule has 0 saturated carbocycles. The molecule has 1 aliphatic heterocycles. The van der Waals surface area contributed by atoms with Crippen molar-refractivity contribution in [2.24, 2.45) is 0 Å². The highest BCUT2D eigenvalue weighted by Crippen LogP contribution is 2.17. The van der Waals surface area contributed by atoms with Crippen LogP contribution in [0.3, 0.4) is 0 Å². The van der Waals surface area contributed by atoms with Crippen molar-refractivity contribution < 1.29 is 15.3 Å². The normalized spacial score (nSPS) is 19.4. The molecule has 3 N–H and O–H groups in total. The van der Waals surface area contributed by atoms with Gasteiger partial charge in [0.05, 0.1) is 12.6 Å². The molecule has 1 fully saturated rings. The lowest BCUT2D eigenvalue weighted by molar-refractivity contribution is -0.376. The Labute approximate surface area is 101 Å². The van der Waals surface area contributed by atoms with E-state index in [4.69, 9.17) is 4.74 Å². The first kappa shape index (κ1) is 11.9. The Morgan fingerprint density at radius 1 is 1.41 bits per heavy atom. The second kappa shape index (κ2) is 5.68. The largest absolute Gasteiger partial charge is 0.445 e. The van der Waals surface area contributed by atoms with Gasteiger partial charge in [-0.15, -0.1) is 0 Å². The second-order valence-electron chi connectivity index (χ2n) is 4.32. The van der Waals surface area contributed by atoms with Crippen molar-refractivity contribution in [2.75, 3.05) is 13.1 Å². The molecule has 1 atom stereocenters. The van der Waals surface area contributed by atoms with Gasteiger partial charge in [-0.1, -0.05) is 30.3 Å². The zero-order chi connectivity index (χ0) is 12.1. The van der Waals surface area contributed by atoms with Gasteiger partial charge in [-0.25, -0.2) is 4.79 Å². The Hall–Kier alpha value is -1.55. The number of hydrogen-bond acceptors (Lipinski definition) is 2. The van der Waals surface area contributed by atoms with E-state index in [1.165, 1.54) is 0 Å². The maximum absolute atomic E-state index is 11.9. The lowest BCUT2D eigenvalue weighted by Crippen LogP contribution is -2.59. The fourth-order valence-electron chi connectivity index (χ4n) is 2.18. The van der Waals surface area contributed by atoms with Crippen LogP contribution in [-0.2, 0) is 11.3 Å². The molecule has 1 heterocycles. The molecule has 0 radical (unpaired) electrons. The van der Waals surface area contributed by atoms with Gasteiger partial charge in [0.1, 0.15) is 6.61 Å². The lowest BCUT2D eigenvalue weighted by Gasteiger charge is -2.21. The van der Waals surface area contributed by atoms with E-state index in [1.54, 1.807) is 4.90 Å². The van der Waals surface area contributed by atoms with Crippen molar-refractivity contribution >= 4 is 6.09 Å². The molecular formula is C13H19N2O2+. The number of carbonyl (C=O) groups is 1. The summed E-state index contributed by atoms with van der Waals surface area (Å²) in [6, 6.07) is 10.0. The van der Waals surface area contributed by atoms with Crippen molar-refractivity contribution in [1.82, 2.24) is 4.90 Å². The van der Waals surface area contributed by atoms with E-state index in [2.05, 4.69) is 5.73 Å². The summed E-state index contributed by atoms with van der Waals surface area (Å²) < 4.78 is 5.30. The van der Waals surface area contributed by atoms with Crippen molar-refractivity contribution in [3.63, 3.8) is 0 Å². The predicted octanol–water partition coefficient (Wildman–Crippen LogP) is 1.03. The molecule has 0 unspecified atom stereocenters. The van der Waals surface area contributed by atoms with Gasteiger partial charge >= 0.3 is 6.09 Å². The summed E-state index contributed by atoms with van der Waals surface area (Å²) in [5.74, 6) is 0. The highest BCUT2D eigenvalue weighted by atomic mass is 16.6. The van der Waals surface area contributed by atoms with Crippen molar-refractivity contribution in [3.8, 4) is 0 Å². The topological polar surface area (TPSA) is 57.2 Å². The number of carbonyl (C=O) groups excluding carboxylic acids is 1. The number of hydrogen-bond donors (Lipinski definition) is 1. The fraction of sp³-hybridized carbons (Fsp3) is 0.462. The summed E-state index contributed by atoms with van der Waals surface area (Å²) in [4.78, 5) is 13.7. The van der Waals surface area contributed by atoms with Gasteiger partial charge in [0, 0.05) is 6.54 Å². The number of quaternary nitrogens is 1. The third-order valence-electron chi connectivity index (χ3n) is 3.15. The maximum Gasteiger partial charge on any atom is 0.410 e. The molecule has 0 aliphatic carbocycles. The molecule has 1 aromatic rings. The second-order valence-corrected chi connectivity index (χ2v) is 4.32. The van der Waals surface area contributed by atoms with Crippen LogP contribution in [0.5, 0.6) is 0 Å². The first-order chi connectivity index (χ1) is 8.31. The van der Waals surface area contributed by atoms with Gasteiger partial charge < -0.3 is 10.5 Å². The predicted molar refractivity (Wildman–Crippen MR) is 64.1 cm³/mol. The lowest BCUT2D eigenvalue weighted by atomic mass is 10.2. The van der Waals surface area contributed by atoms with Crippen LogP contribution in [0, 0.1) is 0 Å². The van der Waals surface area contributed by atoms with E-state index < -0.39 is 0 Å². The summed E-state index contributed by atoms with van der Waals surface area (Å²) in [5.41, 5.74) is 4.89. The Morgan fingerprint density at radius 2 is 2.18 bits per heavy atom. The molecule has 0 spiro atoms. The van der Waals surface area contributed by atoms with E-state index >= 15 is 0 Å². The van der Waals surface area contributed by atoms with Crippen LogP contribution in [0.2, 0.25) is 0 Å². The SMILES string of the molecule is [NH3+]C[C@H]1CCCN1C(=O)OCc1ccccc1. The quantitative estimate of drug-likeness (QED) is 0.850. The summed E-state index contributed by atoms with van der Waals surface area (Å²) >= 11 is 0. The van der Waals surface area contributed by atoms with Gasteiger partial charge in [0.2, 0.25) is 0 Å². The van der Waals surface area contributed by atoms with Crippen LogP contribution in [0.4, 0.5) is 4.79 Å². The highest BCUT2D eigenvalue weighted by molar-refractivity contribution is 5.68. The summed E-state index contributed by atoms with van der Waals surface area (Å²) in [5, 5.41) is 0. The zero-order valence-corrected chi connectivity index (χ0v) is 9.97. The molecule has 0 bridgehead atoms. The fourth-order valence-corrected chi connectivity index (χ4v) is 2.18. The van der Waals surface area contributed by atoms with Crippen LogP contribution < -0.4 is 5.73 Å². The number of likely N-dealkylation sites (tertiary alicyclic amines) is 1. The molecule has 17 heavy (non-hydrogen) atoms. The van der Waals surface area contributed by atoms with Crippen molar-refractivity contribution in [1.29, 1.82) is 0 Å². The molecule has 2 rings (SSSR count). The number of amides is 1. The number of nitrogens with zero attached hydrogens (tertiary/aromatic N) is 1. The van der Waals surface area contributed by atoms with Gasteiger partial charge in [0.25, 0.3) is 0 Å². The highest BCUT2D eigenvalue weighted by Gasteiger charge is 2.29. The Bertz CT molecular complexity index is 367. The van der Waals surface area contributed by atoms with E-state index in [0.29, 0.717) is 6.61 Å². The zero-order valence-electron chi connectivity index (χ0n) is 9.97. The first-order valence-electron chi connectivity index (χ1n) is 6.08. The third-order valence-corrected chi connectivity index (χ3v) is 3.15.